The summed E-state index contributed by atoms with van der Waals surface area (Å²) in [5.74, 6) is 0.608. The second-order valence-electron chi connectivity index (χ2n) is 5.11. The van der Waals surface area contributed by atoms with E-state index in [1.807, 2.05) is 54.1 Å². The number of hydrogen-bond acceptors (Lipinski definition) is 3. The second-order valence-corrected chi connectivity index (χ2v) is 6.03. The topological polar surface area (TPSA) is 48.0 Å². The molecule has 4 nitrogen and oxygen atoms in total. The molecule has 0 fully saturated rings. The lowest BCUT2D eigenvalue weighted by Gasteiger charge is -2.03. The van der Waals surface area contributed by atoms with Crippen LogP contribution in [-0.2, 0) is 7.05 Å². The predicted octanol–water partition coefficient (Wildman–Crippen LogP) is 4.11. The molecule has 5 heteroatoms. The van der Waals surface area contributed by atoms with Crippen LogP contribution in [0.4, 0.5) is 0 Å². The quantitative estimate of drug-likeness (QED) is 0.483. The molecule has 0 N–H and O–H groups in total. The minimum absolute atomic E-state index is 0.381. The molecule has 4 rings (SSSR count). The summed E-state index contributed by atoms with van der Waals surface area (Å²) >= 11 is 3.43. The van der Waals surface area contributed by atoms with E-state index >= 15 is 0 Å². The van der Waals surface area contributed by atoms with Gasteiger partial charge in [-0.05, 0) is 36.4 Å². The van der Waals surface area contributed by atoms with E-state index < -0.39 is 0 Å². The van der Waals surface area contributed by atoms with Crippen LogP contribution >= 0.6 is 15.9 Å². The van der Waals surface area contributed by atoms with Crippen LogP contribution in [-0.4, -0.2) is 9.55 Å². The molecule has 0 radical (unpaired) electrons. The third kappa shape index (κ3) is 1.97. The molecule has 0 aliphatic rings. The number of nitrogens with zero attached hydrogens (tertiary/aromatic N) is 2. The molecule has 0 saturated heterocycles. The number of aryl methyl sites for hydroxylation is 1. The molecule has 2 heterocycles. The highest BCUT2D eigenvalue weighted by Gasteiger charge is 2.15. The first kappa shape index (κ1) is 13.3. The number of aromatic nitrogens is 2. The van der Waals surface area contributed by atoms with Crippen molar-refractivity contribution in [2.24, 2.45) is 7.05 Å². The SMILES string of the molecule is Cn1c(-c2cc3cc(Br)ccc3oc2=O)nc2ccccc21. The van der Waals surface area contributed by atoms with Gasteiger partial charge in [-0.15, -0.1) is 0 Å². The highest BCUT2D eigenvalue weighted by molar-refractivity contribution is 9.10. The Morgan fingerprint density at radius 2 is 1.95 bits per heavy atom. The summed E-state index contributed by atoms with van der Waals surface area (Å²) < 4.78 is 8.27. The number of rotatable bonds is 1. The molecule has 0 saturated carbocycles. The van der Waals surface area contributed by atoms with Gasteiger partial charge in [-0.3, -0.25) is 0 Å². The van der Waals surface area contributed by atoms with E-state index in [4.69, 9.17) is 4.42 Å². The van der Waals surface area contributed by atoms with Gasteiger partial charge in [0, 0.05) is 16.9 Å². The van der Waals surface area contributed by atoms with Crippen LogP contribution in [0.3, 0.4) is 0 Å². The van der Waals surface area contributed by atoms with Crippen molar-refractivity contribution < 1.29 is 4.42 Å². The molecular formula is C17H11BrN2O2. The largest absolute Gasteiger partial charge is 0.422 e. The van der Waals surface area contributed by atoms with Gasteiger partial charge in [0.05, 0.1) is 11.0 Å². The van der Waals surface area contributed by atoms with Gasteiger partial charge in [0.2, 0.25) is 0 Å². The Balaban J connectivity index is 2.05. The van der Waals surface area contributed by atoms with Gasteiger partial charge in [-0.2, -0.15) is 0 Å². The molecule has 0 amide bonds. The van der Waals surface area contributed by atoms with Crippen molar-refractivity contribution in [1.29, 1.82) is 0 Å². The van der Waals surface area contributed by atoms with Gasteiger partial charge in [0.1, 0.15) is 17.0 Å². The van der Waals surface area contributed by atoms with Crippen LogP contribution in [0.25, 0.3) is 33.4 Å². The van der Waals surface area contributed by atoms with Crippen LogP contribution in [0, 0.1) is 0 Å². The molecule has 0 unspecified atom stereocenters. The van der Waals surface area contributed by atoms with Gasteiger partial charge >= 0.3 is 5.63 Å². The molecule has 108 valence electrons. The van der Waals surface area contributed by atoms with E-state index in [0.717, 1.165) is 20.9 Å². The summed E-state index contributed by atoms with van der Waals surface area (Å²) in [6.45, 7) is 0. The number of halogens is 1. The highest BCUT2D eigenvalue weighted by Crippen LogP contribution is 2.25. The predicted molar refractivity (Wildman–Crippen MR) is 89.9 cm³/mol. The van der Waals surface area contributed by atoms with Crippen molar-refractivity contribution in [2.45, 2.75) is 0 Å². The van der Waals surface area contributed by atoms with Crippen LogP contribution in [0.15, 0.2) is 62.2 Å². The Morgan fingerprint density at radius 3 is 2.77 bits per heavy atom. The first-order valence-corrected chi connectivity index (χ1v) is 7.58. The van der Waals surface area contributed by atoms with Gasteiger partial charge in [0.15, 0.2) is 0 Å². The summed E-state index contributed by atoms with van der Waals surface area (Å²) in [4.78, 5) is 16.9. The summed E-state index contributed by atoms with van der Waals surface area (Å²) in [5.41, 5.74) is 2.48. The van der Waals surface area contributed by atoms with Gasteiger partial charge < -0.3 is 8.98 Å². The lowest BCUT2D eigenvalue weighted by Crippen LogP contribution is -2.06. The maximum absolute atomic E-state index is 12.3. The van der Waals surface area contributed by atoms with Crippen molar-refractivity contribution >= 4 is 37.9 Å². The van der Waals surface area contributed by atoms with Crippen LogP contribution < -0.4 is 5.63 Å². The molecule has 0 aliphatic carbocycles. The average Bonchev–Trinajstić information content (AvgIpc) is 2.84. The average molecular weight is 355 g/mol. The lowest BCUT2D eigenvalue weighted by atomic mass is 10.2. The minimum Gasteiger partial charge on any atom is -0.422 e. The molecular weight excluding hydrogens is 344 g/mol. The van der Waals surface area contributed by atoms with E-state index in [1.165, 1.54) is 0 Å². The number of hydrogen-bond donors (Lipinski definition) is 0. The molecule has 0 bridgehead atoms. The molecule has 4 aromatic rings. The Morgan fingerprint density at radius 1 is 1.14 bits per heavy atom. The fourth-order valence-corrected chi connectivity index (χ4v) is 3.02. The zero-order valence-corrected chi connectivity index (χ0v) is 13.3. The zero-order valence-electron chi connectivity index (χ0n) is 11.7. The van der Waals surface area contributed by atoms with E-state index in [2.05, 4.69) is 20.9 Å². The second kappa shape index (κ2) is 4.81. The van der Waals surface area contributed by atoms with Crippen molar-refractivity contribution in [1.82, 2.24) is 9.55 Å². The third-order valence-electron chi connectivity index (χ3n) is 3.72. The van der Waals surface area contributed by atoms with Crippen molar-refractivity contribution in [3.8, 4) is 11.4 Å². The molecule has 2 aromatic heterocycles. The first-order chi connectivity index (χ1) is 10.6. The Kier molecular flexibility index (Phi) is 2.90. The van der Waals surface area contributed by atoms with Gasteiger partial charge in [-0.25, -0.2) is 9.78 Å². The lowest BCUT2D eigenvalue weighted by molar-refractivity contribution is 0.562. The Bertz CT molecular complexity index is 1080. The van der Waals surface area contributed by atoms with Crippen molar-refractivity contribution in [2.75, 3.05) is 0 Å². The van der Waals surface area contributed by atoms with E-state index in [9.17, 15) is 4.79 Å². The minimum atomic E-state index is -0.381. The summed E-state index contributed by atoms with van der Waals surface area (Å²) in [6.07, 6.45) is 0. The smallest absolute Gasteiger partial charge is 0.347 e. The van der Waals surface area contributed by atoms with Crippen molar-refractivity contribution in [3.63, 3.8) is 0 Å². The Hall–Kier alpha value is -2.40. The maximum Gasteiger partial charge on any atom is 0.347 e. The van der Waals surface area contributed by atoms with E-state index in [1.54, 1.807) is 6.07 Å². The zero-order chi connectivity index (χ0) is 15.3. The Labute approximate surface area is 134 Å². The summed E-state index contributed by atoms with van der Waals surface area (Å²) in [7, 11) is 1.90. The fourth-order valence-electron chi connectivity index (χ4n) is 2.64. The van der Waals surface area contributed by atoms with Crippen LogP contribution in [0.1, 0.15) is 0 Å². The number of fused-ring (bicyclic) bond motifs is 2. The third-order valence-corrected chi connectivity index (χ3v) is 4.22. The molecule has 0 atom stereocenters. The summed E-state index contributed by atoms with van der Waals surface area (Å²) in [5, 5.41) is 0.857. The molecule has 2 aromatic carbocycles. The monoisotopic (exact) mass is 354 g/mol. The molecule has 0 aliphatic heterocycles. The van der Waals surface area contributed by atoms with Gasteiger partial charge in [-0.1, -0.05) is 28.1 Å². The fraction of sp³-hybridized carbons (Fsp3) is 0.0588. The summed E-state index contributed by atoms with van der Waals surface area (Å²) in [6, 6.07) is 15.2. The van der Waals surface area contributed by atoms with E-state index in [0.29, 0.717) is 17.0 Å². The molecule has 22 heavy (non-hydrogen) atoms. The van der Waals surface area contributed by atoms with Crippen LogP contribution in [0.2, 0.25) is 0 Å². The van der Waals surface area contributed by atoms with Crippen LogP contribution in [0.5, 0.6) is 0 Å². The van der Waals surface area contributed by atoms with Gasteiger partial charge in [0.25, 0.3) is 0 Å². The standard InChI is InChI=1S/C17H11BrN2O2/c1-20-14-5-3-2-4-13(14)19-16(20)12-9-10-8-11(18)6-7-15(10)22-17(12)21/h2-9H,1H3. The molecule has 0 spiro atoms. The van der Waals surface area contributed by atoms with E-state index in [-0.39, 0.29) is 5.63 Å². The number of para-hydroxylation sites is 2. The number of benzene rings is 2. The van der Waals surface area contributed by atoms with Crippen molar-refractivity contribution in [3.05, 3.63) is 63.4 Å². The maximum atomic E-state index is 12.3. The first-order valence-electron chi connectivity index (χ1n) is 6.79. The number of imidazole rings is 1. The normalized spacial score (nSPS) is 11.4. The highest BCUT2D eigenvalue weighted by atomic mass is 79.9.